The molecule has 8 heteroatoms. The zero-order chi connectivity index (χ0) is 13.1. The van der Waals surface area contributed by atoms with Gasteiger partial charge in [-0.3, -0.25) is 10.1 Å². The summed E-state index contributed by atoms with van der Waals surface area (Å²) < 4.78 is 41.9. The van der Waals surface area contributed by atoms with Gasteiger partial charge in [-0.2, -0.15) is 13.2 Å². The fraction of sp³-hybridized carbons (Fsp3) is 0.333. The van der Waals surface area contributed by atoms with Crippen molar-refractivity contribution in [2.75, 3.05) is 12.5 Å². The van der Waals surface area contributed by atoms with E-state index in [-0.39, 0.29) is 18.2 Å². The third-order valence-electron chi connectivity index (χ3n) is 1.82. The number of nitro benzene ring substituents is 1. The van der Waals surface area contributed by atoms with Crippen LogP contribution in [0.15, 0.2) is 18.2 Å². The third-order valence-corrected chi connectivity index (χ3v) is 1.97. The van der Waals surface area contributed by atoms with Gasteiger partial charge in [0.1, 0.15) is 6.61 Å². The standard InChI is InChI=1S/C9H7ClF3NO3/c10-3-4-17-8-2-1-6(9(11,12)13)5-7(8)14(15)16/h1-2,5H,3-4H2. The molecule has 4 nitrogen and oxygen atoms in total. The van der Waals surface area contributed by atoms with Crippen molar-refractivity contribution in [1.82, 2.24) is 0 Å². The molecule has 0 saturated heterocycles. The number of ether oxygens (including phenoxy) is 1. The van der Waals surface area contributed by atoms with Crippen LogP contribution in [0.25, 0.3) is 0 Å². The number of nitro groups is 1. The molecule has 0 saturated carbocycles. The largest absolute Gasteiger partial charge is 0.486 e. The normalized spacial score (nSPS) is 11.3. The zero-order valence-corrected chi connectivity index (χ0v) is 9.09. The van der Waals surface area contributed by atoms with E-state index in [0.717, 1.165) is 12.1 Å². The average molecular weight is 270 g/mol. The molecule has 0 radical (unpaired) electrons. The van der Waals surface area contributed by atoms with E-state index in [0.29, 0.717) is 6.07 Å². The van der Waals surface area contributed by atoms with Crippen molar-refractivity contribution in [3.05, 3.63) is 33.9 Å². The number of hydrogen-bond acceptors (Lipinski definition) is 3. The van der Waals surface area contributed by atoms with Crippen molar-refractivity contribution in [3.8, 4) is 5.75 Å². The van der Waals surface area contributed by atoms with Crippen molar-refractivity contribution in [3.63, 3.8) is 0 Å². The molecule has 0 atom stereocenters. The summed E-state index contributed by atoms with van der Waals surface area (Å²) >= 11 is 5.31. The Labute approximate surface area is 99.1 Å². The summed E-state index contributed by atoms with van der Waals surface area (Å²) in [5.41, 5.74) is -1.83. The van der Waals surface area contributed by atoms with E-state index in [1.54, 1.807) is 0 Å². The summed E-state index contributed by atoms with van der Waals surface area (Å²) in [5, 5.41) is 10.6. The lowest BCUT2D eigenvalue weighted by atomic mass is 10.2. The Morgan fingerprint density at radius 3 is 2.53 bits per heavy atom. The van der Waals surface area contributed by atoms with Gasteiger partial charge in [-0.25, -0.2) is 0 Å². The van der Waals surface area contributed by atoms with Crippen LogP contribution in [0.3, 0.4) is 0 Å². The van der Waals surface area contributed by atoms with Crippen LogP contribution in [0, 0.1) is 10.1 Å². The quantitative estimate of drug-likeness (QED) is 0.479. The average Bonchev–Trinajstić information content (AvgIpc) is 2.24. The molecule has 0 amide bonds. The van der Waals surface area contributed by atoms with E-state index < -0.39 is 22.4 Å². The number of halogens is 4. The molecule has 0 aromatic heterocycles. The maximum atomic E-state index is 12.3. The predicted octanol–water partition coefficient (Wildman–Crippen LogP) is 3.23. The first-order chi connectivity index (χ1) is 7.86. The van der Waals surface area contributed by atoms with E-state index in [1.807, 2.05) is 0 Å². The lowest BCUT2D eigenvalue weighted by Crippen LogP contribution is -2.07. The van der Waals surface area contributed by atoms with Crippen molar-refractivity contribution in [1.29, 1.82) is 0 Å². The zero-order valence-electron chi connectivity index (χ0n) is 8.33. The lowest BCUT2D eigenvalue weighted by molar-refractivity contribution is -0.386. The first-order valence-electron chi connectivity index (χ1n) is 4.40. The Kier molecular flexibility index (Phi) is 4.17. The number of benzene rings is 1. The minimum atomic E-state index is -4.63. The molecule has 0 N–H and O–H groups in total. The second kappa shape index (κ2) is 5.22. The van der Waals surface area contributed by atoms with Crippen LogP contribution in [0.2, 0.25) is 0 Å². The smallest absolute Gasteiger partial charge is 0.416 e. The summed E-state index contributed by atoms with van der Waals surface area (Å²) in [6.07, 6.45) is -4.63. The fourth-order valence-electron chi connectivity index (χ4n) is 1.11. The van der Waals surface area contributed by atoms with Crippen LogP contribution >= 0.6 is 11.6 Å². The fourth-order valence-corrected chi connectivity index (χ4v) is 1.18. The monoisotopic (exact) mass is 269 g/mol. The van der Waals surface area contributed by atoms with Gasteiger partial charge in [0.15, 0.2) is 5.75 Å². The van der Waals surface area contributed by atoms with Crippen LogP contribution in [0.1, 0.15) is 5.56 Å². The predicted molar refractivity (Wildman–Crippen MR) is 54.3 cm³/mol. The molecule has 94 valence electrons. The van der Waals surface area contributed by atoms with Crippen molar-refractivity contribution >= 4 is 17.3 Å². The van der Waals surface area contributed by atoms with E-state index in [2.05, 4.69) is 0 Å². The maximum Gasteiger partial charge on any atom is 0.416 e. The Morgan fingerprint density at radius 2 is 2.06 bits per heavy atom. The SMILES string of the molecule is O=[N+]([O-])c1cc(C(F)(F)F)ccc1OCCCl. The summed E-state index contributed by atoms with van der Waals surface area (Å²) in [6, 6.07) is 2.06. The number of nitrogens with zero attached hydrogens (tertiary/aromatic N) is 1. The summed E-state index contributed by atoms with van der Waals surface area (Å²) in [7, 11) is 0. The van der Waals surface area contributed by atoms with Gasteiger partial charge in [0.25, 0.3) is 0 Å². The maximum absolute atomic E-state index is 12.3. The van der Waals surface area contributed by atoms with Crippen molar-refractivity contribution in [2.24, 2.45) is 0 Å². The van der Waals surface area contributed by atoms with Crippen LogP contribution in [0.4, 0.5) is 18.9 Å². The van der Waals surface area contributed by atoms with Crippen LogP contribution in [-0.2, 0) is 6.18 Å². The Morgan fingerprint density at radius 1 is 1.41 bits per heavy atom. The molecule has 17 heavy (non-hydrogen) atoms. The lowest BCUT2D eigenvalue weighted by Gasteiger charge is -2.09. The Bertz CT molecular complexity index is 422. The molecular weight excluding hydrogens is 263 g/mol. The van der Waals surface area contributed by atoms with Gasteiger partial charge < -0.3 is 4.74 Å². The van der Waals surface area contributed by atoms with Gasteiger partial charge in [0, 0.05) is 6.07 Å². The van der Waals surface area contributed by atoms with E-state index in [1.165, 1.54) is 0 Å². The first kappa shape index (κ1) is 13.6. The second-order valence-electron chi connectivity index (χ2n) is 2.97. The van der Waals surface area contributed by atoms with Gasteiger partial charge >= 0.3 is 11.9 Å². The number of alkyl halides is 4. The molecule has 0 aliphatic heterocycles. The highest BCUT2D eigenvalue weighted by molar-refractivity contribution is 6.18. The summed E-state index contributed by atoms with van der Waals surface area (Å²) in [6.45, 7) is -0.0201. The molecule has 0 aliphatic carbocycles. The van der Waals surface area contributed by atoms with Crippen molar-refractivity contribution in [2.45, 2.75) is 6.18 Å². The molecule has 1 aromatic rings. The molecule has 0 spiro atoms. The van der Waals surface area contributed by atoms with Gasteiger partial charge in [0.05, 0.1) is 16.4 Å². The van der Waals surface area contributed by atoms with Gasteiger partial charge in [-0.1, -0.05) is 0 Å². The topological polar surface area (TPSA) is 52.4 Å². The van der Waals surface area contributed by atoms with Gasteiger partial charge in [0.2, 0.25) is 0 Å². The van der Waals surface area contributed by atoms with E-state index in [9.17, 15) is 23.3 Å². The van der Waals surface area contributed by atoms with Crippen LogP contribution in [0.5, 0.6) is 5.75 Å². The highest BCUT2D eigenvalue weighted by Gasteiger charge is 2.33. The summed E-state index contributed by atoms with van der Waals surface area (Å²) in [4.78, 5) is 9.66. The third kappa shape index (κ3) is 3.48. The van der Waals surface area contributed by atoms with Gasteiger partial charge in [-0.15, -0.1) is 11.6 Å². The Balaban J connectivity index is 3.13. The van der Waals surface area contributed by atoms with Crippen LogP contribution in [-0.4, -0.2) is 17.4 Å². The molecular formula is C9H7ClF3NO3. The van der Waals surface area contributed by atoms with E-state index in [4.69, 9.17) is 16.3 Å². The Hall–Kier alpha value is -1.50. The number of hydrogen-bond donors (Lipinski definition) is 0. The van der Waals surface area contributed by atoms with Crippen molar-refractivity contribution < 1.29 is 22.8 Å². The minimum absolute atomic E-state index is 0.0201. The molecule has 1 rings (SSSR count). The molecule has 0 bridgehead atoms. The molecule has 1 aromatic carbocycles. The van der Waals surface area contributed by atoms with Crippen LogP contribution < -0.4 is 4.74 Å². The van der Waals surface area contributed by atoms with E-state index >= 15 is 0 Å². The highest BCUT2D eigenvalue weighted by atomic mass is 35.5. The molecule has 0 aliphatic rings. The molecule has 0 heterocycles. The first-order valence-corrected chi connectivity index (χ1v) is 4.94. The second-order valence-corrected chi connectivity index (χ2v) is 3.35. The summed E-state index contributed by atoms with van der Waals surface area (Å²) in [5.74, 6) is -0.151. The van der Waals surface area contributed by atoms with Gasteiger partial charge in [-0.05, 0) is 12.1 Å². The molecule has 0 fully saturated rings. The number of rotatable bonds is 4. The minimum Gasteiger partial charge on any atom is -0.486 e. The molecule has 0 unspecified atom stereocenters. The highest BCUT2D eigenvalue weighted by Crippen LogP contribution is 2.35.